The highest BCUT2D eigenvalue weighted by molar-refractivity contribution is 5.91. The van der Waals surface area contributed by atoms with Crippen LogP contribution in [0.2, 0.25) is 0 Å². The lowest BCUT2D eigenvalue weighted by Gasteiger charge is -2.26. The van der Waals surface area contributed by atoms with E-state index in [1.165, 1.54) is 12.3 Å². The zero-order valence-electron chi connectivity index (χ0n) is 13.2. The molecule has 6 heteroatoms. The van der Waals surface area contributed by atoms with Crippen LogP contribution in [-0.2, 0) is 9.47 Å². The fraction of sp³-hybridized carbons (Fsp3) is 0.471. The van der Waals surface area contributed by atoms with Crippen LogP contribution in [0, 0.1) is 17.6 Å². The third-order valence-electron chi connectivity index (χ3n) is 4.02. The molecular formula is C17H20F2N2O2. The molecule has 1 saturated heterocycles. The summed E-state index contributed by atoms with van der Waals surface area (Å²) in [4.78, 5) is 3.98. The van der Waals surface area contributed by atoms with E-state index in [4.69, 9.17) is 9.47 Å². The normalized spacial score (nSPS) is 18.3. The Hall–Kier alpha value is -1.79. The maximum Gasteiger partial charge on any atom is 0.166 e. The second-order valence-corrected chi connectivity index (χ2v) is 6.16. The Bertz CT molecular complexity index is 702. The molecule has 1 unspecified atom stereocenters. The maximum atomic E-state index is 13.8. The number of fused-ring (bicyclic) bond motifs is 1. The van der Waals surface area contributed by atoms with Crippen LogP contribution >= 0.6 is 0 Å². The van der Waals surface area contributed by atoms with Crippen LogP contribution in [-0.4, -0.2) is 30.5 Å². The van der Waals surface area contributed by atoms with Crippen LogP contribution in [0.3, 0.4) is 0 Å². The molecule has 0 radical (unpaired) electrons. The number of ether oxygens (including phenoxy) is 2. The van der Waals surface area contributed by atoms with Crippen molar-refractivity contribution in [1.29, 1.82) is 0 Å². The molecule has 1 atom stereocenters. The van der Waals surface area contributed by atoms with Crippen LogP contribution in [0.5, 0.6) is 0 Å². The molecule has 0 spiro atoms. The van der Waals surface area contributed by atoms with Gasteiger partial charge in [-0.15, -0.1) is 0 Å². The second-order valence-electron chi connectivity index (χ2n) is 6.16. The van der Waals surface area contributed by atoms with Gasteiger partial charge in [0.15, 0.2) is 11.6 Å². The Morgan fingerprint density at radius 2 is 2.04 bits per heavy atom. The molecule has 1 aliphatic rings. The summed E-state index contributed by atoms with van der Waals surface area (Å²) in [5, 5.41) is 3.69. The average molecular weight is 322 g/mol. The lowest BCUT2D eigenvalue weighted by atomic mass is 10.0. The van der Waals surface area contributed by atoms with Gasteiger partial charge in [-0.1, -0.05) is 6.92 Å². The van der Waals surface area contributed by atoms with Crippen molar-refractivity contribution in [2.45, 2.75) is 26.1 Å². The summed E-state index contributed by atoms with van der Waals surface area (Å²) >= 11 is 0. The zero-order chi connectivity index (χ0) is 16.4. The number of rotatable bonds is 5. The minimum absolute atomic E-state index is 0.165. The summed E-state index contributed by atoms with van der Waals surface area (Å²) in [7, 11) is 0. The van der Waals surface area contributed by atoms with E-state index >= 15 is 0 Å². The summed E-state index contributed by atoms with van der Waals surface area (Å²) in [6.07, 6.45) is 2.26. The van der Waals surface area contributed by atoms with Crippen LogP contribution in [0.1, 0.15) is 20.3 Å². The monoisotopic (exact) mass is 322 g/mol. The van der Waals surface area contributed by atoms with Crippen molar-refractivity contribution in [2.75, 3.05) is 25.1 Å². The number of nitrogens with one attached hydrogen (secondary N) is 1. The number of nitrogens with zero attached hydrogens (tertiary/aromatic N) is 1. The lowest BCUT2D eigenvalue weighted by molar-refractivity contribution is -0.153. The summed E-state index contributed by atoms with van der Waals surface area (Å²) in [6, 6.07) is 3.86. The molecule has 0 amide bonds. The average Bonchev–Trinajstić information content (AvgIpc) is 2.91. The Labute approximate surface area is 133 Å². The number of hydrogen-bond donors (Lipinski definition) is 1. The molecule has 2 heterocycles. The number of aromatic nitrogens is 1. The van der Waals surface area contributed by atoms with Crippen molar-refractivity contribution < 1.29 is 18.3 Å². The van der Waals surface area contributed by atoms with Crippen LogP contribution in [0.25, 0.3) is 10.9 Å². The Kier molecular flexibility index (Phi) is 4.46. The topological polar surface area (TPSA) is 43.4 Å². The lowest BCUT2D eigenvalue weighted by Crippen LogP contribution is -2.30. The molecule has 2 aromatic rings. The van der Waals surface area contributed by atoms with Crippen molar-refractivity contribution in [2.24, 2.45) is 5.92 Å². The first-order valence-electron chi connectivity index (χ1n) is 7.72. The number of halogens is 2. The van der Waals surface area contributed by atoms with Crippen molar-refractivity contribution in [3.8, 4) is 0 Å². The number of hydrogen-bond acceptors (Lipinski definition) is 4. The summed E-state index contributed by atoms with van der Waals surface area (Å²) < 4.78 is 38.5. The number of anilines is 1. The van der Waals surface area contributed by atoms with Gasteiger partial charge >= 0.3 is 0 Å². The Balaban J connectivity index is 1.72. The van der Waals surface area contributed by atoms with E-state index in [0.29, 0.717) is 30.8 Å². The Morgan fingerprint density at radius 3 is 2.78 bits per heavy atom. The van der Waals surface area contributed by atoms with Gasteiger partial charge in [0.2, 0.25) is 0 Å². The van der Waals surface area contributed by atoms with E-state index in [-0.39, 0.29) is 11.4 Å². The van der Waals surface area contributed by atoms with Gasteiger partial charge in [0.05, 0.1) is 13.2 Å². The van der Waals surface area contributed by atoms with Gasteiger partial charge in [-0.3, -0.25) is 4.98 Å². The highest BCUT2D eigenvalue weighted by atomic mass is 19.1. The Morgan fingerprint density at radius 1 is 1.30 bits per heavy atom. The van der Waals surface area contributed by atoms with E-state index in [1.807, 2.05) is 6.92 Å². The molecule has 0 aliphatic carbocycles. The van der Waals surface area contributed by atoms with Gasteiger partial charge in [-0.05, 0) is 25.0 Å². The highest BCUT2D eigenvalue weighted by Crippen LogP contribution is 2.28. The fourth-order valence-corrected chi connectivity index (χ4v) is 3.00. The SMILES string of the molecule is CC(CNc1ccnc2c(F)cc(F)cc12)CC1(C)OCCO1. The summed E-state index contributed by atoms with van der Waals surface area (Å²) in [6.45, 7) is 5.88. The molecule has 1 fully saturated rings. The molecule has 0 saturated carbocycles. The maximum absolute atomic E-state index is 13.8. The molecule has 4 nitrogen and oxygen atoms in total. The van der Waals surface area contributed by atoms with E-state index < -0.39 is 17.4 Å². The van der Waals surface area contributed by atoms with Gasteiger partial charge in [0, 0.05) is 36.3 Å². The zero-order valence-corrected chi connectivity index (χ0v) is 13.2. The molecule has 1 aromatic heterocycles. The number of pyridine rings is 1. The van der Waals surface area contributed by atoms with Crippen LogP contribution < -0.4 is 5.32 Å². The molecule has 1 aromatic carbocycles. The predicted octanol–water partition coefficient (Wildman–Crippen LogP) is 3.71. The van der Waals surface area contributed by atoms with Crippen molar-refractivity contribution in [3.05, 3.63) is 36.0 Å². The van der Waals surface area contributed by atoms with Gasteiger partial charge in [0.25, 0.3) is 0 Å². The molecule has 1 aliphatic heterocycles. The van der Waals surface area contributed by atoms with E-state index in [9.17, 15) is 8.78 Å². The third-order valence-corrected chi connectivity index (χ3v) is 4.02. The molecule has 1 N–H and O–H groups in total. The van der Waals surface area contributed by atoms with E-state index in [0.717, 1.165) is 12.5 Å². The van der Waals surface area contributed by atoms with E-state index in [2.05, 4.69) is 17.2 Å². The standard InChI is InChI=1S/C17H20F2N2O2/c1-11(9-17(2)22-5-6-23-17)10-21-15-3-4-20-16-13(15)7-12(18)8-14(16)19/h3-4,7-8,11H,5-6,9-10H2,1-2H3,(H,20,21). The quantitative estimate of drug-likeness (QED) is 0.911. The minimum atomic E-state index is -0.656. The molecule has 23 heavy (non-hydrogen) atoms. The smallest absolute Gasteiger partial charge is 0.166 e. The second kappa shape index (κ2) is 6.37. The fourth-order valence-electron chi connectivity index (χ4n) is 3.00. The number of benzene rings is 1. The van der Waals surface area contributed by atoms with Crippen molar-refractivity contribution in [1.82, 2.24) is 4.98 Å². The van der Waals surface area contributed by atoms with Gasteiger partial charge in [-0.25, -0.2) is 8.78 Å². The van der Waals surface area contributed by atoms with Crippen LogP contribution in [0.4, 0.5) is 14.5 Å². The van der Waals surface area contributed by atoms with Gasteiger partial charge < -0.3 is 14.8 Å². The molecule has 3 rings (SSSR count). The van der Waals surface area contributed by atoms with Gasteiger partial charge in [-0.2, -0.15) is 0 Å². The van der Waals surface area contributed by atoms with Crippen molar-refractivity contribution >= 4 is 16.6 Å². The summed E-state index contributed by atoms with van der Waals surface area (Å²) in [5.74, 6) is -1.55. The highest BCUT2D eigenvalue weighted by Gasteiger charge is 2.32. The first kappa shape index (κ1) is 16.1. The molecule has 124 valence electrons. The predicted molar refractivity (Wildman–Crippen MR) is 84.2 cm³/mol. The molecule has 0 bridgehead atoms. The molecular weight excluding hydrogens is 302 g/mol. The summed E-state index contributed by atoms with van der Waals surface area (Å²) in [5.41, 5.74) is 0.831. The third kappa shape index (κ3) is 3.59. The van der Waals surface area contributed by atoms with Gasteiger partial charge in [0.1, 0.15) is 11.3 Å². The van der Waals surface area contributed by atoms with Crippen molar-refractivity contribution in [3.63, 3.8) is 0 Å². The first-order valence-corrected chi connectivity index (χ1v) is 7.72. The largest absolute Gasteiger partial charge is 0.384 e. The minimum Gasteiger partial charge on any atom is -0.384 e. The first-order chi connectivity index (χ1) is 11.0. The van der Waals surface area contributed by atoms with E-state index in [1.54, 1.807) is 6.07 Å². The van der Waals surface area contributed by atoms with Crippen LogP contribution in [0.15, 0.2) is 24.4 Å².